The molecule has 1 aromatic carbocycles. The van der Waals surface area contributed by atoms with Crippen LogP contribution < -0.4 is 0 Å². The van der Waals surface area contributed by atoms with E-state index in [1.807, 2.05) is 18.2 Å². The molecule has 0 aliphatic rings. The summed E-state index contributed by atoms with van der Waals surface area (Å²) in [6.07, 6.45) is 1.55. The summed E-state index contributed by atoms with van der Waals surface area (Å²) in [5.74, 6) is 0.0370. The van der Waals surface area contributed by atoms with E-state index in [-0.39, 0.29) is 5.88 Å². The van der Waals surface area contributed by atoms with Crippen molar-refractivity contribution in [1.29, 1.82) is 0 Å². The molecule has 1 aromatic heterocycles. The van der Waals surface area contributed by atoms with E-state index in [0.29, 0.717) is 0 Å². The first-order valence-electron chi connectivity index (χ1n) is 3.99. The first kappa shape index (κ1) is 9.32. The molecule has 0 aliphatic heterocycles. The predicted molar refractivity (Wildman–Crippen MR) is 51.4 cm³/mol. The van der Waals surface area contributed by atoms with Gasteiger partial charge in [-0.25, -0.2) is 0 Å². The molecule has 2 N–H and O–H groups in total. The average molecular weight is 176 g/mol. The molecule has 0 radical (unpaired) electrons. The average Bonchev–Trinajstić information content (AvgIpc) is 2.58. The number of rotatable bonds is 0. The number of nitrogens with zero attached hydrogens (tertiary/aromatic N) is 1. The lowest BCUT2D eigenvalue weighted by atomic mass is 10.2. The van der Waals surface area contributed by atoms with Gasteiger partial charge in [0.05, 0.1) is 0 Å². The van der Waals surface area contributed by atoms with Gasteiger partial charge >= 0.3 is 0 Å². The van der Waals surface area contributed by atoms with E-state index in [2.05, 4.69) is 29.3 Å². The van der Waals surface area contributed by atoms with Crippen molar-refractivity contribution in [1.82, 2.24) is 10.2 Å². The summed E-state index contributed by atoms with van der Waals surface area (Å²) in [4.78, 5) is 0. The highest BCUT2D eigenvalue weighted by Crippen LogP contribution is 1.94. The Labute approximate surface area is 77.1 Å². The van der Waals surface area contributed by atoms with Crippen molar-refractivity contribution in [2.24, 2.45) is 0 Å². The largest absolute Gasteiger partial charge is 0.492 e. The van der Waals surface area contributed by atoms with Gasteiger partial charge < -0.3 is 5.11 Å². The minimum atomic E-state index is 0.0370. The summed E-state index contributed by atoms with van der Waals surface area (Å²) in [5, 5.41) is 14.1. The third-order valence-corrected chi connectivity index (χ3v) is 1.43. The molecule has 13 heavy (non-hydrogen) atoms. The van der Waals surface area contributed by atoms with Crippen LogP contribution in [0.1, 0.15) is 5.56 Å². The number of aromatic hydroxyl groups is 1. The van der Waals surface area contributed by atoms with Crippen molar-refractivity contribution < 1.29 is 5.11 Å². The zero-order valence-corrected chi connectivity index (χ0v) is 7.44. The van der Waals surface area contributed by atoms with Gasteiger partial charge in [0.25, 0.3) is 0 Å². The molecular formula is C10H12N2O. The number of aromatic amines is 1. The van der Waals surface area contributed by atoms with Gasteiger partial charge in [0.1, 0.15) is 0 Å². The Balaban J connectivity index is 0.000000132. The summed E-state index contributed by atoms with van der Waals surface area (Å²) in [7, 11) is 0. The summed E-state index contributed by atoms with van der Waals surface area (Å²) < 4.78 is 0. The molecule has 0 spiro atoms. The van der Waals surface area contributed by atoms with Gasteiger partial charge in [0.15, 0.2) is 0 Å². The number of hydrogen-bond donors (Lipinski definition) is 2. The van der Waals surface area contributed by atoms with Crippen LogP contribution in [0.5, 0.6) is 5.88 Å². The van der Waals surface area contributed by atoms with Crippen LogP contribution in [0, 0.1) is 6.92 Å². The second kappa shape index (κ2) is 4.98. The maximum absolute atomic E-state index is 8.33. The van der Waals surface area contributed by atoms with Crippen molar-refractivity contribution >= 4 is 0 Å². The van der Waals surface area contributed by atoms with Crippen LogP contribution in [0.3, 0.4) is 0 Å². The van der Waals surface area contributed by atoms with Gasteiger partial charge in [-0.3, -0.25) is 5.10 Å². The number of aryl methyl sites for hydroxylation is 1. The lowest BCUT2D eigenvalue weighted by molar-refractivity contribution is 0.452. The van der Waals surface area contributed by atoms with E-state index < -0.39 is 0 Å². The van der Waals surface area contributed by atoms with E-state index in [0.717, 1.165) is 0 Å². The lowest BCUT2D eigenvalue weighted by Gasteiger charge is -1.82. The molecule has 0 atom stereocenters. The molecule has 0 saturated heterocycles. The fourth-order valence-corrected chi connectivity index (χ4v) is 0.787. The zero-order valence-electron chi connectivity index (χ0n) is 7.44. The monoisotopic (exact) mass is 176 g/mol. The maximum atomic E-state index is 8.33. The van der Waals surface area contributed by atoms with Crippen LogP contribution in [0.15, 0.2) is 42.6 Å². The van der Waals surface area contributed by atoms with Gasteiger partial charge in [0.2, 0.25) is 5.88 Å². The second-order valence-corrected chi connectivity index (χ2v) is 2.59. The quantitative estimate of drug-likeness (QED) is 0.645. The molecule has 0 amide bonds. The predicted octanol–water partition coefficient (Wildman–Crippen LogP) is 2.11. The topological polar surface area (TPSA) is 48.9 Å². The molecule has 2 aromatic rings. The van der Waals surface area contributed by atoms with E-state index in [1.165, 1.54) is 11.6 Å². The molecule has 1 heterocycles. The zero-order chi connectivity index (χ0) is 9.52. The van der Waals surface area contributed by atoms with E-state index in [9.17, 15) is 0 Å². The van der Waals surface area contributed by atoms with E-state index in [4.69, 9.17) is 5.11 Å². The maximum Gasteiger partial charge on any atom is 0.229 e. The summed E-state index contributed by atoms with van der Waals surface area (Å²) in [6.45, 7) is 2.08. The summed E-state index contributed by atoms with van der Waals surface area (Å²) >= 11 is 0. The molecule has 0 aliphatic carbocycles. The molecule has 3 nitrogen and oxygen atoms in total. The molecule has 0 unspecified atom stereocenters. The van der Waals surface area contributed by atoms with Gasteiger partial charge in [-0.05, 0) is 6.92 Å². The van der Waals surface area contributed by atoms with Crippen LogP contribution in [-0.4, -0.2) is 15.3 Å². The van der Waals surface area contributed by atoms with Crippen molar-refractivity contribution in [3.05, 3.63) is 48.2 Å². The highest BCUT2D eigenvalue weighted by atomic mass is 16.3. The fraction of sp³-hybridized carbons (Fsp3) is 0.100. The number of H-pyrrole nitrogens is 1. The Morgan fingerprint density at radius 1 is 1.15 bits per heavy atom. The van der Waals surface area contributed by atoms with Gasteiger partial charge in [0, 0.05) is 12.3 Å². The standard InChI is InChI=1S/C7H8.C3H4N2O/c1-7-5-3-2-4-6-7;6-3-1-2-4-5-3/h2-6H,1H3;1-2H,(H2,4,5,6). The number of nitrogens with one attached hydrogen (secondary N) is 1. The SMILES string of the molecule is Cc1ccccc1.Oc1cc[nH]n1. The van der Waals surface area contributed by atoms with Crippen molar-refractivity contribution in [3.63, 3.8) is 0 Å². The number of benzene rings is 1. The van der Waals surface area contributed by atoms with E-state index >= 15 is 0 Å². The van der Waals surface area contributed by atoms with Crippen LogP contribution in [0.2, 0.25) is 0 Å². The summed E-state index contributed by atoms with van der Waals surface area (Å²) in [5.41, 5.74) is 1.32. The fourth-order valence-electron chi connectivity index (χ4n) is 0.787. The third-order valence-electron chi connectivity index (χ3n) is 1.43. The minimum Gasteiger partial charge on any atom is -0.492 e. The molecule has 0 saturated carbocycles. The normalized spacial score (nSPS) is 8.69. The molecule has 2 rings (SSSR count). The van der Waals surface area contributed by atoms with Crippen molar-refractivity contribution in [3.8, 4) is 5.88 Å². The van der Waals surface area contributed by atoms with Gasteiger partial charge in [-0.2, -0.15) is 0 Å². The Morgan fingerprint density at radius 2 is 1.85 bits per heavy atom. The Hall–Kier alpha value is -1.77. The number of hydrogen-bond acceptors (Lipinski definition) is 2. The Morgan fingerprint density at radius 3 is 2.08 bits per heavy atom. The molecular weight excluding hydrogens is 164 g/mol. The van der Waals surface area contributed by atoms with Crippen LogP contribution >= 0.6 is 0 Å². The first-order valence-corrected chi connectivity index (χ1v) is 3.99. The minimum absolute atomic E-state index is 0.0370. The van der Waals surface area contributed by atoms with Crippen molar-refractivity contribution in [2.45, 2.75) is 6.92 Å². The summed E-state index contributed by atoms with van der Waals surface area (Å²) in [6, 6.07) is 11.7. The van der Waals surface area contributed by atoms with Crippen molar-refractivity contribution in [2.75, 3.05) is 0 Å². The first-order chi connectivity index (χ1) is 6.29. The number of aromatic nitrogens is 2. The van der Waals surface area contributed by atoms with Crippen LogP contribution in [-0.2, 0) is 0 Å². The third kappa shape index (κ3) is 3.96. The van der Waals surface area contributed by atoms with Gasteiger partial charge in [-0.15, -0.1) is 5.10 Å². The highest BCUT2D eigenvalue weighted by molar-refractivity contribution is 5.11. The van der Waals surface area contributed by atoms with Crippen LogP contribution in [0.4, 0.5) is 0 Å². The molecule has 3 heteroatoms. The molecule has 0 bridgehead atoms. The highest BCUT2D eigenvalue weighted by Gasteiger charge is 1.78. The molecule has 68 valence electrons. The van der Waals surface area contributed by atoms with E-state index in [1.54, 1.807) is 6.20 Å². The van der Waals surface area contributed by atoms with Crippen LogP contribution in [0.25, 0.3) is 0 Å². The second-order valence-electron chi connectivity index (χ2n) is 2.59. The molecule has 0 fully saturated rings. The van der Waals surface area contributed by atoms with Gasteiger partial charge in [-0.1, -0.05) is 35.9 Å². The lowest BCUT2D eigenvalue weighted by Crippen LogP contribution is -1.62. The Bertz CT molecular complexity index is 316. The Kier molecular flexibility index (Phi) is 3.57. The smallest absolute Gasteiger partial charge is 0.229 e.